The van der Waals surface area contributed by atoms with Gasteiger partial charge in [-0.1, -0.05) is 19.3 Å². The summed E-state index contributed by atoms with van der Waals surface area (Å²) >= 11 is 0. The Kier molecular flexibility index (Phi) is 4.16. The highest BCUT2D eigenvalue weighted by Crippen LogP contribution is 2.26. The van der Waals surface area contributed by atoms with Gasteiger partial charge in [0.15, 0.2) is 0 Å². The van der Waals surface area contributed by atoms with Gasteiger partial charge in [-0.2, -0.15) is 0 Å². The lowest BCUT2D eigenvalue weighted by atomic mass is 9.90. The van der Waals surface area contributed by atoms with Crippen LogP contribution in [0, 0.1) is 12.3 Å². The molecule has 1 heterocycles. The van der Waals surface area contributed by atoms with Crippen molar-refractivity contribution in [1.29, 1.82) is 0 Å². The molecule has 1 atom stereocenters. The van der Waals surface area contributed by atoms with Crippen LogP contribution in [0.25, 0.3) is 0 Å². The highest BCUT2D eigenvalue weighted by atomic mass is 16.2. The molecule has 1 aliphatic rings. The first-order valence-corrected chi connectivity index (χ1v) is 5.60. The summed E-state index contributed by atoms with van der Waals surface area (Å²) in [6, 6.07) is 0. The first-order chi connectivity index (χ1) is 7.16. The second kappa shape index (κ2) is 5.18. The third-order valence-electron chi connectivity index (χ3n) is 3.01. The normalized spacial score (nSPS) is 24.9. The first-order valence-electron chi connectivity index (χ1n) is 5.60. The van der Waals surface area contributed by atoms with Gasteiger partial charge in [0.25, 0.3) is 0 Å². The molecule has 0 saturated carbocycles. The number of rotatable bonds is 4. The van der Waals surface area contributed by atoms with E-state index in [9.17, 15) is 4.79 Å². The average Bonchev–Trinajstić information content (AvgIpc) is 2.67. The number of nitrogens with zero attached hydrogens (tertiary/aromatic N) is 1. The predicted molar refractivity (Wildman–Crippen MR) is 61.3 cm³/mol. The number of hydrogen-bond acceptors (Lipinski definition) is 2. The van der Waals surface area contributed by atoms with Crippen molar-refractivity contribution >= 4 is 5.91 Å². The molecule has 1 N–H and O–H groups in total. The van der Waals surface area contributed by atoms with Crippen LogP contribution in [-0.2, 0) is 4.79 Å². The number of hydrogen-bond donors (Lipinski definition) is 1. The number of amides is 1. The summed E-state index contributed by atoms with van der Waals surface area (Å²) in [5.41, 5.74) is -0.333. The van der Waals surface area contributed by atoms with Gasteiger partial charge in [-0.25, -0.2) is 0 Å². The molecule has 1 unspecified atom stereocenters. The van der Waals surface area contributed by atoms with E-state index >= 15 is 0 Å². The van der Waals surface area contributed by atoms with Crippen molar-refractivity contribution in [2.45, 2.75) is 38.1 Å². The molecule has 84 valence electrons. The second-order valence-electron chi connectivity index (χ2n) is 4.23. The summed E-state index contributed by atoms with van der Waals surface area (Å²) in [6.07, 6.45) is 9.16. The topological polar surface area (TPSA) is 32.3 Å². The van der Waals surface area contributed by atoms with Crippen LogP contribution in [0.4, 0.5) is 0 Å². The predicted octanol–water partition coefficient (Wildman–Crippen LogP) is 1.00. The fourth-order valence-corrected chi connectivity index (χ4v) is 2.31. The largest absolute Gasteiger partial charge is 0.333 e. The molecule has 3 nitrogen and oxygen atoms in total. The zero-order chi connectivity index (χ0) is 11.3. The molecule has 1 rings (SSSR count). The first kappa shape index (κ1) is 12.1. The maximum Gasteiger partial charge on any atom is 0.243 e. The number of nitrogens with one attached hydrogen (secondary N) is 1. The molecule has 1 saturated heterocycles. The minimum Gasteiger partial charge on any atom is -0.333 e. The Labute approximate surface area is 92.2 Å². The Morgan fingerprint density at radius 3 is 2.87 bits per heavy atom. The molecule has 1 aliphatic heterocycles. The molecule has 15 heavy (non-hydrogen) atoms. The summed E-state index contributed by atoms with van der Waals surface area (Å²) in [5.74, 6) is 2.66. The van der Waals surface area contributed by atoms with E-state index in [1.807, 2.05) is 0 Å². The van der Waals surface area contributed by atoms with E-state index in [-0.39, 0.29) is 11.4 Å². The number of carbonyl (C=O) groups excluding carboxylic acids is 1. The highest BCUT2D eigenvalue weighted by molar-refractivity contribution is 5.86. The van der Waals surface area contributed by atoms with E-state index in [0.717, 1.165) is 32.2 Å². The summed E-state index contributed by atoms with van der Waals surface area (Å²) in [4.78, 5) is 13.9. The molecule has 0 aromatic heterocycles. The Morgan fingerprint density at radius 1 is 1.67 bits per heavy atom. The van der Waals surface area contributed by atoms with E-state index < -0.39 is 0 Å². The van der Waals surface area contributed by atoms with Crippen molar-refractivity contribution in [3.8, 4) is 12.3 Å². The number of carbonyl (C=O) groups is 1. The fourth-order valence-electron chi connectivity index (χ4n) is 2.31. The van der Waals surface area contributed by atoms with Gasteiger partial charge in [0.2, 0.25) is 5.91 Å². The second-order valence-corrected chi connectivity index (χ2v) is 4.23. The Hall–Kier alpha value is -1.01. The van der Waals surface area contributed by atoms with Gasteiger partial charge < -0.3 is 10.2 Å². The minimum absolute atomic E-state index is 0.153. The lowest BCUT2D eigenvalue weighted by Gasteiger charge is -2.31. The van der Waals surface area contributed by atoms with Crippen LogP contribution in [0.1, 0.15) is 32.6 Å². The van der Waals surface area contributed by atoms with Crippen molar-refractivity contribution in [2.24, 2.45) is 0 Å². The van der Waals surface area contributed by atoms with Crippen LogP contribution in [-0.4, -0.2) is 36.5 Å². The van der Waals surface area contributed by atoms with Gasteiger partial charge in [-0.15, -0.1) is 6.42 Å². The third kappa shape index (κ3) is 2.51. The maximum absolute atomic E-state index is 12.2. The minimum atomic E-state index is -0.333. The van der Waals surface area contributed by atoms with E-state index in [2.05, 4.69) is 18.2 Å². The smallest absolute Gasteiger partial charge is 0.243 e. The molecule has 0 aliphatic carbocycles. The number of likely N-dealkylation sites (N-methyl/N-ethyl adjacent to an activating group) is 1. The summed E-state index contributed by atoms with van der Waals surface area (Å²) in [7, 11) is 1.78. The van der Waals surface area contributed by atoms with Gasteiger partial charge in [0.05, 0.1) is 12.1 Å². The molecule has 1 amide bonds. The van der Waals surface area contributed by atoms with E-state index in [1.165, 1.54) is 0 Å². The highest BCUT2D eigenvalue weighted by Gasteiger charge is 2.41. The molecule has 0 aromatic carbocycles. The molecule has 0 spiro atoms. The third-order valence-corrected chi connectivity index (χ3v) is 3.01. The molecule has 0 radical (unpaired) electrons. The quantitative estimate of drug-likeness (QED) is 0.699. The van der Waals surface area contributed by atoms with E-state index in [4.69, 9.17) is 6.42 Å². The van der Waals surface area contributed by atoms with E-state index in [0.29, 0.717) is 6.54 Å². The SMILES string of the molecule is C#CCN(C)C(=O)C1(CCC)CCCN1. The fraction of sp³-hybridized carbons (Fsp3) is 0.750. The zero-order valence-corrected chi connectivity index (χ0v) is 9.68. The molecular weight excluding hydrogens is 188 g/mol. The van der Waals surface area contributed by atoms with Crippen LogP contribution in [0.5, 0.6) is 0 Å². The van der Waals surface area contributed by atoms with Crippen LogP contribution in [0.3, 0.4) is 0 Å². The standard InChI is InChI=1S/C12H20N2O/c1-4-7-12(8-6-9-13-12)11(15)14(3)10-5-2/h2,13H,4,6-10H2,1,3H3. The molecule has 3 heteroatoms. The van der Waals surface area contributed by atoms with Gasteiger partial charge in [0, 0.05) is 7.05 Å². The Balaban J connectivity index is 2.72. The summed E-state index contributed by atoms with van der Waals surface area (Å²) < 4.78 is 0. The van der Waals surface area contributed by atoms with Gasteiger partial charge in [-0.05, 0) is 25.8 Å². The maximum atomic E-state index is 12.2. The summed E-state index contributed by atoms with van der Waals surface area (Å²) in [5, 5.41) is 3.35. The molecule has 0 bridgehead atoms. The van der Waals surface area contributed by atoms with Crippen molar-refractivity contribution in [1.82, 2.24) is 10.2 Å². The Morgan fingerprint density at radius 2 is 2.40 bits per heavy atom. The van der Waals surface area contributed by atoms with Crippen LogP contribution >= 0.6 is 0 Å². The van der Waals surface area contributed by atoms with Crippen LogP contribution in [0.2, 0.25) is 0 Å². The van der Waals surface area contributed by atoms with Gasteiger partial charge >= 0.3 is 0 Å². The lowest BCUT2D eigenvalue weighted by molar-refractivity contribution is -0.136. The Bertz CT molecular complexity index is 261. The monoisotopic (exact) mass is 208 g/mol. The zero-order valence-electron chi connectivity index (χ0n) is 9.68. The number of terminal acetylenes is 1. The average molecular weight is 208 g/mol. The van der Waals surface area contributed by atoms with Gasteiger partial charge in [0.1, 0.15) is 0 Å². The summed E-state index contributed by atoms with van der Waals surface area (Å²) in [6.45, 7) is 3.44. The van der Waals surface area contributed by atoms with Crippen molar-refractivity contribution in [3.05, 3.63) is 0 Å². The van der Waals surface area contributed by atoms with Crippen LogP contribution in [0.15, 0.2) is 0 Å². The van der Waals surface area contributed by atoms with Gasteiger partial charge in [-0.3, -0.25) is 4.79 Å². The lowest BCUT2D eigenvalue weighted by Crippen LogP contribution is -2.53. The van der Waals surface area contributed by atoms with Crippen molar-refractivity contribution in [2.75, 3.05) is 20.1 Å². The van der Waals surface area contributed by atoms with E-state index in [1.54, 1.807) is 11.9 Å². The van der Waals surface area contributed by atoms with Crippen LogP contribution < -0.4 is 5.32 Å². The molecular formula is C12H20N2O. The molecule has 0 aromatic rings. The van der Waals surface area contributed by atoms with Crippen molar-refractivity contribution < 1.29 is 4.79 Å². The van der Waals surface area contributed by atoms with Crippen molar-refractivity contribution in [3.63, 3.8) is 0 Å². The molecule has 1 fully saturated rings.